The first-order chi connectivity index (χ1) is 14.4. The average molecular weight is 433 g/mol. The van der Waals surface area contributed by atoms with Crippen LogP contribution in [-0.4, -0.2) is 46.4 Å². The number of benzene rings is 2. The van der Waals surface area contributed by atoms with Gasteiger partial charge in [-0.3, -0.25) is 9.10 Å². The van der Waals surface area contributed by atoms with E-state index in [2.05, 4.69) is 12.2 Å². The normalized spacial score (nSPS) is 15.8. The first-order valence-electron chi connectivity index (χ1n) is 10.1. The molecule has 8 heteroatoms. The predicted octanol–water partition coefficient (Wildman–Crippen LogP) is 2.75. The molecule has 1 atom stereocenters. The fraction of sp³-hybridized carbons (Fsp3) is 0.409. The van der Waals surface area contributed by atoms with E-state index >= 15 is 0 Å². The van der Waals surface area contributed by atoms with E-state index in [1.807, 2.05) is 24.3 Å². The Kier molecular flexibility index (Phi) is 7.20. The van der Waals surface area contributed by atoms with Gasteiger partial charge in [-0.25, -0.2) is 8.42 Å². The number of carbonyl (C=O) groups excluding carboxylic acids is 1. The largest absolute Gasteiger partial charge is 0.493 e. The lowest BCUT2D eigenvalue weighted by Crippen LogP contribution is -2.50. The van der Waals surface area contributed by atoms with Crippen molar-refractivity contribution in [3.63, 3.8) is 0 Å². The van der Waals surface area contributed by atoms with Crippen LogP contribution < -0.4 is 19.1 Å². The molecule has 1 amide bonds. The van der Waals surface area contributed by atoms with Crippen molar-refractivity contribution in [2.24, 2.45) is 0 Å². The third kappa shape index (κ3) is 5.44. The summed E-state index contributed by atoms with van der Waals surface area (Å²) < 4.78 is 37.1. The molecule has 0 aromatic heterocycles. The summed E-state index contributed by atoms with van der Waals surface area (Å²) in [5.41, 5.74) is 1.55. The van der Waals surface area contributed by atoms with Crippen LogP contribution in [0.1, 0.15) is 25.3 Å². The van der Waals surface area contributed by atoms with Gasteiger partial charge in [-0.05, 0) is 43.0 Å². The second-order valence-corrected chi connectivity index (χ2v) is 9.13. The summed E-state index contributed by atoms with van der Waals surface area (Å²) in [5, 5.41) is 2.86. The fourth-order valence-corrected chi connectivity index (χ4v) is 4.23. The molecule has 0 fully saturated rings. The van der Waals surface area contributed by atoms with Crippen molar-refractivity contribution >= 4 is 21.6 Å². The van der Waals surface area contributed by atoms with Crippen LogP contribution in [0.25, 0.3) is 0 Å². The quantitative estimate of drug-likeness (QED) is 0.616. The zero-order valence-corrected chi connectivity index (χ0v) is 18.2. The van der Waals surface area contributed by atoms with Crippen LogP contribution in [-0.2, 0) is 21.2 Å². The molecule has 7 nitrogen and oxygen atoms in total. The van der Waals surface area contributed by atoms with Crippen LogP contribution in [0.2, 0.25) is 0 Å². The highest BCUT2D eigenvalue weighted by Gasteiger charge is 2.34. The van der Waals surface area contributed by atoms with Crippen molar-refractivity contribution < 1.29 is 22.7 Å². The van der Waals surface area contributed by atoms with E-state index < -0.39 is 16.1 Å². The van der Waals surface area contributed by atoms with Crippen LogP contribution in [0.5, 0.6) is 11.5 Å². The molecular formula is C22H28N2O5S. The number of ether oxygens (including phenoxy) is 2. The summed E-state index contributed by atoms with van der Waals surface area (Å²) in [7, 11) is -3.52. The van der Waals surface area contributed by atoms with Crippen LogP contribution in [0.4, 0.5) is 5.69 Å². The number of fused-ring (bicyclic) bond motifs is 1. The van der Waals surface area contributed by atoms with Gasteiger partial charge in [0.1, 0.15) is 11.5 Å². The van der Waals surface area contributed by atoms with Gasteiger partial charge in [-0.1, -0.05) is 37.3 Å². The summed E-state index contributed by atoms with van der Waals surface area (Å²) in [4.78, 5) is 12.6. The van der Waals surface area contributed by atoms with Crippen molar-refractivity contribution in [1.29, 1.82) is 0 Å². The number of nitrogens with zero attached hydrogens (tertiary/aromatic N) is 1. The molecule has 1 aliphatic heterocycles. The van der Waals surface area contributed by atoms with Gasteiger partial charge < -0.3 is 14.8 Å². The van der Waals surface area contributed by atoms with E-state index in [-0.39, 0.29) is 12.5 Å². The SMILES string of the molecule is CCCOc1ccccc1CCCNC(=O)C1CN(S(C)(=O)=O)c2ccccc2O1. The number of para-hydroxylation sites is 3. The van der Waals surface area contributed by atoms with Gasteiger partial charge in [-0.2, -0.15) is 0 Å². The van der Waals surface area contributed by atoms with Gasteiger partial charge in [0, 0.05) is 6.54 Å². The lowest BCUT2D eigenvalue weighted by Gasteiger charge is -2.33. The molecule has 3 rings (SSSR count). The van der Waals surface area contributed by atoms with Crippen LogP contribution >= 0.6 is 0 Å². The summed E-state index contributed by atoms with van der Waals surface area (Å²) in [6, 6.07) is 14.7. The van der Waals surface area contributed by atoms with E-state index in [0.29, 0.717) is 24.6 Å². The summed E-state index contributed by atoms with van der Waals surface area (Å²) in [5.74, 6) is 0.937. The first kappa shape index (κ1) is 22.0. The third-order valence-electron chi connectivity index (χ3n) is 4.78. The Morgan fingerprint density at radius 2 is 1.93 bits per heavy atom. The lowest BCUT2D eigenvalue weighted by molar-refractivity contribution is -0.127. The van der Waals surface area contributed by atoms with E-state index in [9.17, 15) is 13.2 Å². The van der Waals surface area contributed by atoms with E-state index in [4.69, 9.17) is 9.47 Å². The number of hydrogen-bond donors (Lipinski definition) is 1. The van der Waals surface area contributed by atoms with Gasteiger partial charge in [0.25, 0.3) is 5.91 Å². The Balaban J connectivity index is 1.56. The topological polar surface area (TPSA) is 84.9 Å². The summed E-state index contributed by atoms with van der Waals surface area (Å²) >= 11 is 0. The molecule has 0 bridgehead atoms. The molecule has 1 unspecified atom stereocenters. The van der Waals surface area contributed by atoms with Crippen molar-refractivity contribution in [1.82, 2.24) is 5.32 Å². The van der Waals surface area contributed by atoms with E-state index in [1.54, 1.807) is 24.3 Å². The molecule has 30 heavy (non-hydrogen) atoms. The van der Waals surface area contributed by atoms with Crippen LogP contribution in [0.3, 0.4) is 0 Å². The van der Waals surface area contributed by atoms with Crippen molar-refractivity contribution in [3.05, 3.63) is 54.1 Å². The molecule has 162 valence electrons. The maximum atomic E-state index is 12.6. The second kappa shape index (κ2) is 9.84. The minimum absolute atomic E-state index is 0.0463. The highest BCUT2D eigenvalue weighted by Crippen LogP contribution is 2.34. The summed E-state index contributed by atoms with van der Waals surface area (Å²) in [6.07, 6.45) is 2.68. The molecule has 0 radical (unpaired) electrons. The molecule has 2 aromatic rings. The molecule has 0 saturated carbocycles. The number of aryl methyl sites for hydroxylation is 1. The van der Waals surface area contributed by atoms with Gasteiger partial charge in [-0.15, -0.1) is 0 Å². The number of rotatable bonds is 9. The monoisotopic (exact) mass is 432 g/mol. The predicted molar refractivity (Wildman–Crippen MR) is 117 cm³/mol. The molecule has 2 aromatic carbocycles. The zero-order chi connectivity index (χ0) is 21.6. The average Bonchev–Trinajstić information content (AvgIpc) is 2.74. The van der Waals surface area contributed by atoms with Crippen molar-refractivity contribution in [2.45, 2.75) is 32.3 Å². The number of anilines is 1. The van der Waals surface area contributed by atoms with Gasteiger partial charge in [0.15, 0.2) is 6.10 Å². The summed E-state index contributed by atoms with van der Waals surface area (Å²) in [6.45, 7) is 3.15. The zero-order valence-electron chi connectivity index (χ0n) is 17.3. The van der Waals surface area contributed by atoms with Crippen molar-refractivity contribution in [3.8, 4) is 11.5 Å². The van der Waals surface area contributed by atoms with Crippen LogP contribution in [0, 0.1) is 0 Å². The molecule has 1 aliphatic rings. The maximum Gasteiger partial charge on any atom is 0.263 e. The van der Waals surface area contributed by atoms with Gasteiger partial charge in [0.2, 0.25) is 10.0 Å². The Morgan fingerprint density at radius 3 is 2.70 bits per heavy atom. The number of sulfonamides is 1. The molecule has 0 saturated heterocycles. The first-order valence-corrected chi connectivity index (χ1v) is 12.0. The molecular weight excluding hydrogens is 404 g/mol. The third-order valence-corrected chi connectivity index (χ3v) is 5.93. The minimum atomic E-state index is -3.52. The lowest BCUT2D eigenvalue weighted by atomic mass is 10.1. The fourth-order valence-electron chi connectivity index (χ4n) is 3.32. The molecule has 0 aliphatic carbocycles. The Hall–Kier alpha value is -2.74. The Morgan fingerprint density at radius 1 is 1.20 bits per heavy atom. The van der Waals surface area contributed by atoms with Gasteiger partial charge in [0.05, 0.1) is 25.1 Å². The maximum absolute atomic E-state index is 12.6. The van der Waals surface area contributed by atoms with E-state index in [0.717, 1.165) is 36.8 Å². The van der Waals surface area contributed by atoms with E-state index in [1.165, 1.54) is 4.31 Å². The number of nitrogens with one attached hydrogen (secondary N) is 1. The van der Waals surface area contributed by atoms with Crippen LogP contribution in [0.15, 0.2) is 48.5 Å². The molecule has 1 heterocycles. The Labute approximate surface area is 178 Å². The smallest absolute Gasteiger partial charge is 0.263 e. The number of carbonyl (C=O) groups is 1. The molecule has 1 N–H and O–H groups in total. The van der Waals surface area contributed by atoms with Gasteiger partial charge >= 0.3 is 0 Å². The number of hydrogen-bond acceptors (Lipinski definition) is 5. The standard InChI is InChI=1S/C22H28N2O5S/c1-3-15-28-19-12-6-4-9-17(19)10-8-14-23-22(25)21-16-24(30(2,26)27)18-11-5-7-13-20(18)29-21/h4-7,9,11-13,21H,3,8,10,14-16H2,1-2H3,(H,23,25). The second-order valence-electron chi connectivity index (χ2n) is 7.22. The highest BCUT2D eigenvalue weighted by atomic mass is 32.2. The van der Waals surface area contributed by atoms with Crippen molar-refractivity contribution in [2.75, 3.05) is 30.3 Å². The highest BCUT2D eigenvalue weighted by molar-refractivity contribution is 7.92. The number of amides is 1. The minimum Gasteiger partial charge on any atom is -0.493 e. The molecule has 0 spiro atoms. The Bertz CT molecular complexity index is 977.